The molecule has 1 atom stereocenters. The lowest BCUT2D eigenvalue weighted by Gasteiger charge is -2.18. The predicted octanol–water partition coefficient (Wildman–Crippen LogP) is 0.633. The Morgan fingerprint density at radius 2 is 2.11 bits per heavy atom. The number of rotatable bonds is 3. The molecule has 0 aromatic rings. The van der Waals surface area contributed by atoms with Crippen LogP contribution in [0.2, 0.25) is 0 Å². The maximum Gasteiger partial charge on any atom is 0.0569 e. The van der Waals surface area contributed by atoms with Crippen molar-refractivity contribution in [1.29, 1.82) is 0 Å². The minimum Gasteiger partial charge on any atom is -0.316 e. The van der Waals surface area contributed by atoms with Gasteiger partial charge in [0.15, 0.2) is 0 Å². The van der Waals surface area contributed by atoms with Gasteiger partial charge < -0.3 is 5.73 Å². The Bertz CT molecular complexity index is 86.9. The predicted molar refractivity (Wildman–Crippen MR) is 39.0 cm³/mol. The van der Waals surface area contributed by atoms with E-state index in [2.05, 4.69) is 4.90 Å². The van der Waals surface area contributed by atoms with E-state index in [1.807, 2.05) is 14.1 Å². The molecule has 0 aromatic heterocycles. The summed E-state index contributed by atoms with van der Waals surface area (Å²) >= 11 is 0. The van der Waals surface area contributed by atoms with Crippen LogP contribution < -0.4 is 5.73 Å². The number of hydrogen-bond donors (Lipinski definition) is 1. The van der Waals surface area contributed by atoms with Crippen molar-refractivity contribution in [3.63, 3.8) is 0 Å². The Labute approximate surface area is 57.0 Å². The third-order valence-electron chi connectivity index (χ3n) is 1.94. The standard InChI is InChI=1S/C7H16N2/c1-9(2)7(8)5-6-3-4-6/h6-7H,3-5,8H2,1-2H3. The van der Waals surface area contributed by atoms with Crippen molar-refractivity contribution in [2.24, 2.45) is 11.7 Å². The van der Waals surface area contributed by atoms with Gasteiger partial charge in [-0.25, -0.2) is 0 Å². The van der Waals surface area contributed by atoms with Gasteiger partial charge in [-0.3, -0.25) is 4.90 Å². The fourth-order valence-corrected chi connectivity index (χ4v) is 0.906. The van der Waals surface area contributed by atoms with Crippen LogP contribution >= 0.6 is 0 Å². The summed E-state index contributed by atoms with van der Waals surface area (Å²) in [4.78, 5) is 2.08. The van der Waals surface area contributed by atoms with Crippen LogP contribution in [-0.2, 0) is 0 Å². The maximum absolute atomic E-state index is 5.78. The summed E-state index contributed by atoms with van der Waals surface area (Å²) in [6, 6.07) is 0. The van der Waals surface area contributed by atoms with E-state index in [1.54, 1.807) is 0 Å². The normalized spacial score (nSPS) is 22.7. The highest BCUT2D eigenvalue weighted by Crippen LogP contribution is 2.33. The molecule has 0 saturated heterocycles. The van der Waals surface area contributed by atoms with Crippen molar-refractivity contribution in [3.05, 3.63) is 0 Å². The Morgan fingerprint density at radius 1 is 1.56 bits per heavy atom. The van der Waals surface area contributed by atoms with Crippen molar-refractivity contribution in [2.75, 3.05) is 14.1 Å². The second-order valence-corrected chi connectivity index (χ2v) is 3.21. The average molecular weight is 128 g/mol. The highest BCUT2D eigenvalue weighted by molar-refractivity contribution is 4.76. The van der Waals surface area contributed by atoms with Crippen molar-refractivity contribution in [3.8, 4) is 0 Å². The van der Waals surface area contributed by atoms with Crippen LogP contribution in [0, 0.1) is 5.92 Å². The molecule has 1 rings (SSSR count). The summed E-state index contributed by atoms with van der Waals surface area (Å²) in [5, 5.41) is 0. The molecule has 0 heterocycles. The van der Waals surface area contributed by atoms with Crippen LogP contribution in [0.3, 0.4) is 0 Å². The van der Waals surface area contributed by atoms with Crippen molar-refractivity contribution in [1.82, 2.24) is 4.90 Å². The minimum absolute atomic E-state index is 0.289. The summed E-state index contributed by atoms with van der Waals surface area (Å²) < 4.78 is 0. The van der Waals surface area contributed by atoms with Gasteiger partial charge in [0.2, 0.25) is 0 Å². The van der Waals surface area contributed by atoms with Gasteiger partial charge in [0.05, 0.1) is 6.17 Å². The number of nitrogens with two attached hydrogens (primary N) is 1. The molecule has 0 aliphatic heterocycles. The number of hydrogen-bond acceptors (Lipinski definition) is 2. The molecule has 0 amide bonds. The molecule has 1 unspecified atom stereocenters. The summed E-state index contributed by atoms with van der Waals surface area (Å²) in [5.74, 6) is 0.947. The van der Waals surface area contributed by atoms with E-state index >= 15 is 0 Å². The van der Waals surface area contributed by atoms with Gasteiger partial charge >= 0.3 is 0 Å². The van der Waals surface area contributed by atoms with Crippen LogP contribution in [0.15, 0.2) is 0 Å². The molecule has 9 heavy (non-hydrogen) atoms. The molecule has 0 aromatic carbocycles. The summed E-state index contributed by atoms with van der Waals surface area (Å²) in [5.41, 5.74) is 5.78. The molecule has 0 radical (unpaired) electrons. The van der Waals surface area contributed by atoms with Crippen molar-refractivity contribution in [2.45, 2.75) is 25.4 Å². The lowest BCUT2D eigenvalue weighted by molar-refractivity contribution is 0.276. The van der Waals surface area contributed by atoms with Crippen LogP contribution in [0.4, 0.5) is 0 Å². The first-order valence-electron chi connectivity index (χ1n) is 3.62. The molecular weight excluding hydrogens is 112 g/mol. The van der Waals surface area contributed by atoms with E-state index < -0.39 is 0 Å². The molecule has 1 aliphatic carbocycles. The van der Waals surface area contributed by atoms with Gasteiger partial charge in [0.1, 0.15) is 0 Å². The van der Waals surface area contributed by atoms with E-state index in [1.165, 1.54) is 19.3 Å². The monoisotopic (exact) mass is 128 g/mol. The molecule has 0 spiro atoms. The fourth-order valence-electron chi connectivity index (χ4n) is 0.906. The third kappa shape index (κ3) is 2.33. The third-order valence-corrected chi connectivity index (χ3v) is 1.94. The Balaban J connectivity index is 2.09. The minimum atomic E-state index is 0.289. The highest BCUT2D eigenvalue weighted by atomic mass is 15.2. The molecule has 1 saturated carbocycles. The maximum atomic E-state index is 5.78. The van der Waals surface area contributed by atoms with Crippen molar-refractivity contribution < 1.29 is 0 Å². The van der Waals surface area contributed by atoms with E-state index in [9.17, 15) is 0 Å². The Kier molecular flexibility index (Phi) is 2.09. The van der Waals surface area contributed by atoms with Gasteiger partial charge in [-0.05, 0) is 26.4 Å². The van der Waals surface area contributed by atoms with Gasteiger partial charge in [0.25, 0.3) is 0 Å². The van der Waals surface area contributed by atoms with Crippen molar-refractivity contribution >= 4 is 0 Å². The molecule has 1 aliphatic rings. The highest BCUT2D eigenvalue weighted by Gasteiger charge is 2.24. The molecule has 2 N–H and O–H groups in total. The van der Waals surface area contributed by atoms with Gasteiger partial charge in [-0.1, -0.05) is 12.8 Å². The van der Waals surface area contributed by atoms with Gasteiger partial charge in [-0.15, -0.1) is 0 Å². The SMILES string of the molecule is CN(C)C(N)CC1CC1. The lowest BCUT2D eigenvalue weighted by Crippen LogP contribution is -2.36. The lowest BCUT2D eigenvalue weighted by atomic mass is 10.2. The largest absolute Gasteiger partial charge is 0.316 e. The second kappa shape index (κ2) is 2.67. The zero-order valence-electron chi connectivity index (χ0n) is 6.30. The summed E-state index contributed by atoms with van der Waals surface area (Å²) in [6.45, 7) is 0. The first kappa shape index (κ1) is 7.03. The first-order valence-corrected chi connectivity index (χ1v) is 3.62. The van der Waals surface area contributed by atoms with Crippen LogP contribution in [0.5, 0.6) is 0 Å². The zero-order valence-corrected chi connectivity index (χ0v) is 6.30. The molecule has 2 nitrogen and oxygen atoms in total. The average Bonchev–Trinajstić information content (AvgIpc) is 2.50. The molecule has 1 fully saturated rings. The second-order valence-electron chi connectivity index (χ2n) is 3.21. The topological polar surface area (TPSA) is 29.3 Å². The van der Waals surface area contributed by atoms with Crippen LogP contribution in [0.1, 0.15) is 19.3 Å². The van der Waals surface area contributed by atoms with Crippen LogP contribution in [0.25, 0.3) is 0 Å². The summed E-state index contributed by atoms with van der Waals surface area (Å²) in [6.07, 6.45) is 4.29. The molecule has 2 heteroatoms. The molecule has 0 bridgehead atoms. The molecular formula is C7H16N2. The Morgan fingerprint density at radius 3 is 2.44 bits per heavy atom. The van der Waals surface area contributed by atoms with E-state index in [4.69, 9.17) is 5.73 Å². The Hall–Kier alpha value is -0.0800. The molecule has 54 valence electrons. The summed E-state index contributed by atoms with van der Waals surface area (Å²) in [7, 11) is 4.07. The van der Waals surface area contributed by atoms with Gasteiger partial charge in [-0.2, -0.15) is 0 Å². The van der Waals surface area contributed by atoms with E-state index in [0.717, 1.165) is 5.92 Å². The number of nitrogens with zero attached hydrogens (tertiary/aromatic N) is 1. The smallest absolute Gasteiger partial charge is 0.0569 e. The zero-order chi connectivity index (χ0) is 6.85. The fraction of sp³-hybridized carbons (Fsp3) is 1.00. The first-order chi connectivity index (χ1) is 4.20. The van der Waals surface area contributed by atoms with E-state index in [0.29, 0.717) is 0 Å². The van der Waals surface area contributed by atoms with E-state index in [-0.39, 0.29) is 6.17 Å². The quantitative estimate of drug-likeness (QED) is 0.565. The van der Waals surface area contributed by atoms with Gasteiger partial charge in [0, 0.05) is 0 Å². The van der Waals surface area contributed by atoms with Crippen LogP contribution in [-0.4, -0.2) is 25.2 Å².